The number of hydrogen-bond donors (Lipinski definition) is 1. The molecule has 3 rings (SSSR count). The normalized spacial score (nSPS) is 13.8. The topological polar surface area (TPSA) is 58.6 Å². The van der Waals surface area contributed by atoms with E-state index in [0.717, 1.165) is 18.5 Å². The molecule has 1 aliphatic rings. The Kier molecular flexibility index (Phi) is 4.97. The van der Waals surface area contributed by atoms with Crippen LogP contribution in [0.1, 0.15) is 28.8 Å². The molecule has 0 aliphatic carbocycles. The van der Waals surface area contributed by atoms with Gasteiger partial charge >= 0.3 is 0 Å². The van der Waals surface area contributed by atoms with Crippen LogP contribution in [0.3, 0.4) is 0 Å². The molecule has 1 aliphatic heterocycles. The summed E-state index contributed by atoms with van der Waals surface area (Å²) in [6.45, 7) is 1.38. The molecule has 2 aromatic rings. The van der Waals surface area contributed by atoms with E-state index in [0.29, 0.717) is 24.2 Å². The van der Waals surface area contributed by atoms with E-state index in [1.54, 1.807) is 12.1 Å². The standard InChI is InChI=1S/C19H19FN2O3/c1-25-17-11-14(6-9-16(17)20)19(24)21-15-7-4-13(5-8-15)12-22-10-2-3-18(22)23/h4-9,11H,2-3,10,12H2,1H3,(H,21,24). The van der Waals surface area contributed by atoms with Crippen molar-refractivity contribution in [1.29, 1.82) is 0 Å². The molecule has 0 saturated carbocycles. The van der Waals surface area contributed by atoms with Crippen molar-refractivity contribution in [2.24, 2.45) is 0 Å². The van der Waals surface area contributed by atoms with E-state index in [-0.39, 0.29) is 17.6 Å². The van der Waals surface area contributed by atoms with Crippen LogP contribution in [0, 0.1) is 5.82 Å². The molecule has 1 fully saturated rings. The van der Waals surface area contributed by atoms with Crippen molar-refractivity contribution in [3.8, 4) is 5.75 Å². The number of carbonyl (C=O) groups is 2. The van der Waals surface area contributed by atoms with E-state index < -0.39 is 5.82 Å². The van der Waals surface area contributed by atoms with Gasteiger partial charge in [-0.15, -0.1) is 0 Å². The van der Waals surface area contributed by atoms with E-state index in [4.69, 9.17) is 4.74 Å². The fourth-order valence-corrected chi connectivity index (χ4v) is 2.79. The van der Waals surface area contributed by atoms with Gasteiger partial charge in [0.05, 0.1) is 7.11 Å². The predicted molar refractivity (Wildman–Crippen MR) is 92.0 cm³/mol. The lowest BCUT2D eigenvalue weighted by molar-refractivity contribution is -0.128. The second-order valence-corrected chi connectivity index (χ2v) is 5.92. The number of likely N-dealkylation sites (tertiary alicyclic amines) is 1. The van der Waals surface area contributed by atoms with Crippen molar-refractivity contribution in [2.45, 2.75) is 19.4 Å². The number of anilines is 1. The third-order valence-corrected chi connectivity index (χ3v) is 4.17. The SMILES string of the molecule is COc1cc(C(=O)Nc2ccc(CN3CCCC3=O)cc2)ccc1F. The molecule has 5 nitrogen and oxygen atoms in total. The molecule has 0 unspecified atom stereocenters. The predicted octanol–water partition coefficient (Wildman–Crippen LogP) is 3.21. The molecule has 0 radical (unpaired) electrons. The van der Waals surface area contributed by atoms with Crippen molar-refractivity contribution >= 4 is 17.5 Å². The van der Waals surface area contributed by atoms with Gasteiger partial charge in [-0.25, -0.2) is 4.39 Å². The molecular formula is C19H19FN2O3. The number of benzene rings is 2. The van der Waals surface area contributed by atoms with Gasteiger partial charge in [0.1, 0.15) is 0 Å². The highest BCUT2D eigenvalue weighted by molar-refractivity contribution is 6.04. The summed E-state index contributed by atoms with van der Waals surface area (Å²) in [5.41, 5.74) is 1.95. The maximum Gasteiger partial charge on any atom is 0.255 e. The molecule has 0 aromatic heterocycles. The summed E-state index contributed by atoms with van der Waals surface area (Å²) in [5, 5.41) is 2.76. The molecule has 25 heavy (non-hydrogen) atoms. The lowest BCUT2D eigenvalue weighted by Gasteiger charge is -2.15. The van der Waals surface area contributed by atoms with Crippen LogP contribution in [0.15, 0.2) is 42.5 Å². The van der Waals surface area contributed by atoms with Gasteiger partial charge in [-0.3, -0.25) is 9.59 Å². The minimum Gasteiger partial charge on any atom is -0.494 e. The van der Waals surface area contributed by atoms with E-state index in [1.165, 1.54) is 25.3 Å². The molecular weight excluding hydrogens is 323 g/mol. The van der Waals surface area contributed by atoms with Crippen LogP contribution >= 0.6 is 0 Å². The molecule has 0 atom stereocenters. The van der Waals surface area contributed by atoms with Crippen molar-refractivity contribution < 1.29 is 18.7 Å². The van der Waals surface area contributed by atoms with Gasteiger partial charge in [-0.2, -0.15) is 0 Å². The lowest BCUT2D eigenvalue weighted by atomic mass is 10.1. The fraction of sp³-hybridized carbons (Fsp3) is 0.263. The minimum atomic E-state index is -0.514. The lowest BCUT2D eigenvalue weighted by Crippen LogP contribution is -2.23. The maximum atomic E-state index is 13.4. The Morgan fingerprint density at radius 3 is 2.64 bits per heavy atom. The first-order valence-electron chi connectivity index (χ1n) is 8.08. The van der Waals surface area contributed by atoms with Crippen LogP contribution in [0.5, 0.6) is 5.75 Å². The first kappa shape index (κ1) is 17.0. The number of amides is 2. The summed E-state index contributed by atoms with van der Waals surface area (Å²) < 4.78 is 18.3. The van der Waals surface area contributed by atoms with E-state index >= 15 is 0 Å². The second kappa shape index (κ2) is 7.34. The van der Waals surface area contributed by atoms with Crippen LogP contribution in [0.25, 0.3) is 0 Å². The number of nitrogens with zero attached hydrogens (tertiary/aromatic N) is 1. The Morgan fingerprint density at radius 2 is 2.00 bits per heavy atom. The average molecular weight is 342 g/mol. The molecule has 0 bridgehead atoms. The Morgan fingerprint density at radius 1 is 1.24 bits per heavy atom. The van der Waals surface area contributed by atoms with Gasteiger partial charge in [-0.1, -0.05) is 12.1 Å². The zero-order chi connectivity index (χ0) is 17.8. The Balaban J connectivity index is 1.64. The van der Waals surface area contributed by atoms with Crippen LogP contribution < -0.4 is 10.1 Å². The maximum absolute atomic E-state index is 13.4. The molecule has 1 saturated heterocycles. The van der Waals surface area contributed by atoms with Gasteiger partial charge in [0.15, 0.2) is 11.6 Å². The van der Waals surface area contributed by atoms with E-state index in [9.17, 15) is 14.0 Å². The molecule has 2 amide bonds. The smallest absolute Gasteiger partial charge is 0.255 e. The highest BCUT2D eigenvalue weighted by Gasteiger charge is 2.19. The van der Waals surface area contributed by atoms with Crippen LogP contribution in [-0.2, 0) is 11.3 Å². The Labute approximate surface area is 145 Å². The third kappa shape index (κ3) is 3.96. The van der Waals surface area contributed by atoms with E-state index in [2.05, 4.69) is 5.32 Å². The molecule has 130 valence electrons. The number of rotatable bonds is 5. The molecule has 0 spiro atoms. The Bertz CT molecular complexity index is 790. The first-order chi connectivity index (χ1) is 12.1. The van der Waals surface area contributed by atoms with Crippen LogP contribution in [0.4, 0.5) is 10.1 Å². The van der Waals surface area contributed by atoms with E-state index in [1.807, 2.05) is 17.0 Å². The number of methoxy groups -OCH3 is 1. The zero-order valence-electron chi connectivity index (χ0n) is 13.9. The summed E-state index contributed by atoms with van der Waals surface area (Å²) in [6, 6.07) is 11.3. The molecule has 2 aromatic carbocycles. The summed E-state index contributed by atoms with van der Waals surface area (Å²) in [7, 11) is 1.35. The number of ether oxygens (including phenoxy) is 1. The molecule has 1 heterocycles. The van der Waals surface area contributed by atoms with Crippen LogP contribution in [0.2, 0.25) is 0 Å². The second-order valence-electron chi connectivity index (χ2n) is 5.92. The number of nitrogens with one attached hydrogen (secondary N) is 1. The van der Waals surface area contributed by atoms with Gasteiger partial charge in [0, 0.05) is 30.8 Å². The largest absolute Gasteiger partial charge is 0.494 e. The highest BCUT2D eigenvalue weighted by Crippen LogP contribution is 2.20. The Hall–Kier alpha value is -2.89. The monoisotopic (exact) mass is 342 g/mol. The number of carbonyl (C=O) groups excluding carboxylic acids is 2. The zero-order valence-corrected chi connectivity index (χ0v) is 13.9. The van der Waals surface area contributed by atoms with Gasteiger partial charge in [0.25, 0.3) is 5.91 Å². The van der Waals surface area contributed by atoms with Crippen molar-refractivity contribution in [1.82, 2.24) is 4.90 Å². The minimum absolute atomic E-state index is 0.0262. The molecule has 6 heteroatoms. The quantitative estimate of drug-likeness (QED) is 0.908. The summed E-state index contributed by atoms with van der Waals surface area (Å²) in [5.74, 6) is -0.651. The molecule has 1 N–H and O–H groups in total. The average Bonchev–Trinajstić information content (AvgIpc) is 3.02. The first-order valence-corrected chi connectivity index (χ1v) is 8.08. The van der Waals surface area contributed by atoms with Gasteiger partial charge in [-0.05, 0) is 42.3 Å². The third-order valence-electron chi connectivity index (χ3n) is 4.17. The van der Waals surface area contributed by atoms with Gasteiger partial charge in [0.2, 0.25) is 5.91 Å². The number of hydrogen-bond acceptors (Lipinski definition) is 3. The highest BCUT2D eigenvalue weighted by atomic mass is 19.1. The number of halogens is 1. The van der Waals surface area contributed by atoms with Gasteiger partial charge < -0.3 is 15.0 Å². The van der Waals surface area contributed by atoms with Crippen molar-refractivity contribution in [3.63, 3.8) is 0 Å². The summed E-state index contributed by atoms with van der Waals surface area (Å²) in [6.07, 6.45) is 1.53. The fourth-order valence-electron chi connectivity index (χ4n) is 2.79. The van der Waals surface area contributed by atoms with Crippen molar-refractivity contribution in [2.75, 3.05) is 19.0 Å². The summed E-state index contributed by atoms with van der Waals surface area (Å²) >= 11 is 0. The van der Waals surface area contributed by atoms with Crippen LogP contribution in [-0.4, -0.2) is 30.4 Å². The van der Waals surface area contributed by atoms with Crippen molar-refractivity contribution in [3.05, 3.63) is 59.4 Å². The summed E-state index contributed by atoms with van der Waals surface area (Å²) in [4.78, 5) is 25.7.